The van der Waals surface area contributed by atoms with E-state index in [4.69, 9.17) is 19.2 Å². The predicted molar refractivity (Wildman–Crippen MR) is 114 cm³/mol. The zero-order valence-electron chi connectivity index (χ0n) is 18.2. The second-order valence-corrected chi connectivity index (χ2v) is 13.2. The van der Waals surface area contributed by atoms with Crippen LogP contribution in [0.5, 0.6) is 11.5 Å². The summed E-state index contributed by atoms with van der Waals surface area (Å²) in [6, 6.07) is 6.29. The molecule has 3 rings (SSSR count). The fourth-order valence-electron chi connectivity index (χ4n) is 3.72. The average Bonchev–Trinajstić information content (AvgIpc) is 3.18. The molecule has 1 aromatic carbocycles. The fourth-order valence-corrected chi connectivity index (χ4v) is 7.07. The highest BCUT2D eigenvalue weighted by molar-refractivity contribution is 7.68. The van der Waals surface area contributed by atoms with Gasteiger partial charge >= 0.3 is 0 Å². The van der Waals surface area contributed by atoms with E-state index < -0.39 is 7.92 Å². The first-order chi connectivity index (χ1) is 12.4. The number of hydrogen-bond donors (Lipinski definition) is 0. The van der Waals surface area contributed by atoms with Gasteiger partial charge in [0.2, 0.25) is 0 Å². The lowest BCUT2D eigenvalue weighted by molar-refractivity contribution is 0.167. The van der Waals surface area contributed by atoms with Gasteiger partial charge in [0.05, 0.1) is 23.9 Å². The molecule has 1 unspecified atom stereocenters. The van der Waals surface area contributed by atoms with Gasteiger partial charge in [0, 0.05) is 0 Å². The van der Waals surface area contributed by atoms with Gasteiger partial charge in [-0.25, -0.2) is 4.99 Å². The summed E-state index contributed by atoms with van der Waals surface area (Å²) in [6.45, 7) is 18.6. The molecule has 0 amide bonds. The Hall–Kier alpha value is -1.28. The van der Waals surface area contributed by atoms with Crippen LogP contribution in [-0.2, 0) is 4.74 Å². The van der Waals surface area contributed by atoms with Gasteiger partial charge in [-0.3, -0.25) is 0 Å². The molecule has 1 aromatic rings. The Morgan fingerprint density at radius 1 is 1.07 bits per heavy atom. The zero-order valence-corrected chi connectivity index (χ0v) is 19.1. The van der Waals surface area contributed by atoms with E-state index in [1.807, 2.05) is 12.1 Å². The summed E-state index contributed by atoms with van der Waals surface area (Å²) in [5.74, 6) is 2.69. The van der Waals surface area contributed by atoms with Crippen molar-refractivity contribution in [3.05, 3.63) is 18.2 Å². The SMILES string of the molecule is COc1cccc2c1[P@](C(C)(C)C)C(C(C)(C)C1=N[C@@H](C(C)(C)C)CO1)O2. The molecular formula is C22H34NO3P. The van der Waals surface area contributed by atoms with Crippen molar-refractivity contribution in [1.29, 1.82) is 0 Å². The third-order valence-corrected chi connectivity index (χ3v) is 9.03. The van der Waals surface area contributed by atoms with Crippen molar-refractivity contribution < 1.29 is 14.2 Å². The van der Waals surface area contributed by atoms with Gasteiger partial charge in [-0.15, -0.1) is 0 Å². The molecule has 2 aliphatic rings. The zero-order chi connectivity index (χ0) is 20.2. The summed E-state index contributed by atoms with van der Waals surface area (Å²) in [7, 11) is 1.09. The van der Waals surface area contributed by atoms with E-state index in [1.165, 1.54) is 5.30 Å². The molecule has 150 valence electrons. The van der Waals surface area contributed by atoms with Crippen LogP contribution >= 0.6 is 7.92 Å². The maximum absolute atomic E-state index is 6.57. The van der Waals surface area contributed by atoms with E-state index >= 15 is 0 Å². The first kappa shape index (κ1) is 20.5. The fraction of sp³-hybridized carbons (Fsp3) is 0.682. The molecule has 5 heteroatoms. The Balaban J connectivity index is 2.03. The van der Waals surface area contributed by atoms with Crippen LogP contribution in [0.1, 0.15) is 55.4 Å². The number of methoxy groups -OCH3 is 1. The molecule has 2 aliphatic heterocycles. The minimum atomic E-state index is -0.647. The first-order valence-electron chi connectivity index (χ1n) is 9.71. The molecule has 0 bridgehead atoms. The summed E-state index contributed by atoms with van der Waals surface area (Å²) < 4.78 is 18.4. The molecule has 27 heavy (non-hydrogen) atoms. The van der Waals surface area contributed by atoms with E-state index in [0.717, 1.165) is 17.4 Å². The molecule has 0 aliphatic carbocycles. The lowest BCUT2D eigenvalue weighted by atomic mass is 9.88. The molecule has 0 spiro atoms. The van der Waals surface area contributed by atoms with Crippen molar-refractivity contribution in [2.24, 2.45) is 15.8 Å². The monoisotopic (exact) mass is 391 g/mol. The largest absolute Gasteiger partial charge is 0.496 e. The molecule has 0 saturated heterocycles. The van der Waals surface area contributed by atoms with Gasteiger partial charge in [-0.2, -0.15) is 0 Å². The van der Waals surface area contributed by atoms with Crippen molar-refractivity contribution in [1.82, 2.24) is 0 Å². The van der Waals surface area contributed by atoms with Crippen LogP contribution in [0.15, 0.2) is 23.2 Å². The Labute approximate surface area is 165 Å². The van der Waals surface area contributed by atoms with Gasteiger partial charge in [0.1, 0.15) is 24.0 Å². The van der Waals surface area contributed by atoms with Crippen molar-refractivity contribution in [3.63, 3.8) is 0 Å². The molecule has 0 fully saturated rings. The summed E-state index contributed by atoms with van der Waals surface area (Å²) in [4.78, 5) is 4.99. The molecule has 0 saturated carbocycles. The molecule has 2 heterocycles. The second-order valence-electron chi connectivity index (χ2n) is 10.2. The highest BCUT2D eigenvalue weighted by atomic mass is 31.1. The lowest BCUT2D eigenvalue weighted by Crippen LogP contribution is -2.41. The molecule has 4 nitrogen and oxygen atoms in total. The van der Waals surface area contributed by atoms with Crippen LogP contribution in [0, 0.1) is 10.8 Å². The van der Waals surface area contributed by atoms with E-state index in [1.54, 1.807) is 7.11 Å². The van der Waals surface area contributed by atoms with Crippen LogP contribution in [0.25, 0.3) is 0 Å². The number of fused-ring (bicyclic) bond motifs is 1. The van der Waals surface area contributed by atoms with Crippen molar-refractivity contribution >= 4 is 19.1 Å². The molecule has 3 atom stereocenters. The number of benzene rings is 1. The Kier molecular flexibility index (Phi) is 5.04. The minimum Gasteiger partial charge on any atom is -0.496 e. The third-order valence-electron chi connectivity index (χ3n) is 5.44. The number of nitrogens with zero attached hydrogens (tertiary/aromatic N) is 1. The standard InChI is InChI=1S/C22H34NO3P/c1-20(2,3)16-13-25-18(23-16)22(7,8)19-26-15-12-10-11-14(24-9)17(15)27(19)21(4,5)6/h10-12,16,19H,13H2,1-9H3/t16-,19?,27+/m1/s1. The first-order valence-corrected chi connectivity index (χ1v) is 11.1. The van der Waals surface area contributed by atoms with Crippen molar-refractivity contribution in [3.8, 4) is 11.5 Å². The lowest BCUT2D eigenvalue weighted by Gasteiger charge is -2.39. The smallest absolute Gasteiger partial charge is 0.193 e. The van der Waals surface area contributed by atoms with E-state index in [0.29, 0.717) is 6.61 Å². The number of ether oxygens (including phenoxy) is 3. The number of aliphatic imine (C=N–C) groups is 1. The van der Waals surface area contributed by atoms with E-state index in [2.05, 4.69) is 61.5 Å². The van der Waals surface area contributed by atoms with Gasteiger partial charge < -0.3 is 14.2 Å². The quantitative estimate of drug-likeness (QED) is 0.666. The maximum atomic E-state index is 6.57. The Morgan fingerprint density at radius 2 is 1.74 bits per heavy atom. The summed E-state index contributed by atoms with van der Waals surface area (Å²) >= 11 is 0. The highest BCUT2D eigenvalue weighted by Crippen LogP contribution is 2.64. The Bertz CT molecular complexity index is 743. The van der Waals surface area contributed by atoms with E-state index in [-0.39, 0.29) is 27.9 Å². The highest BCUT2D eigenvalue weighted by Gasteiger charge is 2.53. The van der Waals surface area contributed by atoms with Crippen LogP contribution in [0.3, 0.4) is 0 Å². The topological polar surface area (TPSA) is 40.0 Å². The van der Waals surface area contributed by atoms with Gasteiger partial charge in [0.25, 0.3) is 0 Å². The summed E-state index contributed by atoms with van der Waals surface area (Å²) in [5.41, 5.74) is -0.224. The molecular weight excluding hydrogens is 357 g/mol. The summed E-state index contributed by atoms with van der Waals surface area (Å²) in [6.07, 6.45) is 0. The summed E-state index contributed by atoms with van der Waals surface area (Å²) in [5, 5.41) is 1.30. The molecule has 0 N–H and O–H groups in total. The average molecular weight is 391 g/mol. The minimum absolute atomic E-state index is 0.00346. The third kappa shape index (κ3) is 3.58. The second kappa shape index (κ2) is 6.65. The van der Waals surface area contributed by atoms with Crippen molar-refractivity contribution in [2.45, 2.75) is 72.4 Å². The van der Waals surface area contributed by atoms with Crippen LogP contribution in [0.4, 0.5) is 0 Å². The van der Waals surface area contributed by atoms with Crippen molar-refractivity contribution in [2.75, 3.05) is 13.7 Å². The van der Waals surface area contributed by atoms with Crippen LogP contribution < -0.4 is 14.8 Å². The van der Waals surface area contributed by atoms with Crippen LogP contribution in [0.2, 0.25) is 0 Å². The number of rotatable bonds is 3. The molecule has 0 radical (unpaired) electrons. The molecule has 0 aromatic heterocycles. The van der Waals surface area contributed by atoms with Gasteiger partial charge in [-0.1, -0.05) is 47.6 Å². The van der Waals surface area contributed by atoms with Gasteiger partial charge in [0.15, 0.2) is 5.90 Å². The predicted octanol–water partition coefficient (Wildman–Crippen LogP) is 5.19. The maximum Gasteiger partial charge on any atom is 0.193 e. The number of hydrogen-bond acceptors (Lipinski definition) is 4. The van der Waals surface area contributed by atoms with Crippen LogP contribution in [-0.4, -0.2) is 36.7 Å². The van der Waals surface area contributed by atoms with Gasteiger partial charge in [-0.05, 0) is 44.5 Å². The normalized spacial score (nSPS) is 25.5. The Morgan fingerprint density at radius 3 is 2.26 bits per heavy atom. The van der Waals surface area contributed by atoms with E-state index in [9.17, 15) is 0 Å².